The number of phenols is 1. The van der Waals surface area contributed by atoms with Crippen molar-refractivity contribution >= 4 is 0 Å². The molecule has 1 fully saturated rings. The van der Waals surface area contributed by atoms with E-state index in [9.17, 15) is 5.11 Å². The lowest BCUT2D eigenvalue weighted by Crippen LogP contribution is -2.34. The molecule has 1 saturated heterocycles. The lowest BCUT2D eigenvalue weighted by molar-refractivity contribution is 0.268. The fourth-order valence-electron chi connectivity index (χ4n) is 2.35. The second-order valence-corrected chi connectivity index (χ2v) is 5.13. The summed E-state index contributed by atoms with van der Waals surface area (Å²) in [6, 6.07) is 8.69. The van der Waals surface area contributed by atoms with E-state index in [1.807, 2.05) is 18.2 Å². The van der Waals surface area contributed by atoms with Crippen LogP contribution < -0.4 is 5.32 Å². The zero-order valence-electron chi connectivity index (χ0n) is 10.7. The van der Waals surface area contributed by atoms with Gasteiger partial charge in [-0.05, 0) is 44.5 Å². The minimum Gasteiger partial charge on any atom is -0.508 e. The Bertz CT molecular complexity index is 365. The number of nitrogens with one attached hydrogen (secondary N) is 1. The van der Waals surface area contributed by atoms with Gasteiger partial charge in [-0.15, -0.1) is 0 Å². The van der Waals surface area contributed by atoms with Gasteiger partial charge in [-0.1, -0.05) is 12.1 Å². The first-order valence-corrected chi connectivity index (χ1v) is 6.40. The first-order chi connectivity index (χ1) is 8.15. The third kappa shape index (κ3) is 3.45. The average molecular weight is 234 g/mol. The number of aromatic hydroxyl groups is 1. The van der Waals surface area contributed by atoms with Gasteiger partial charge in [0, 0.05) is 25.2 Å². The van der Waals surface area contributed by atoms with Crippen LogP contribution in [0.4, 0.5) is 0 Å². The van der Waals surface area contributed by atoms with E-state index in [1.54, 1.807) is 6.07 Å². The van der Waals surface area contributed by atoms with E-state index < -0.39 is 0 Å². The van der Waals surface area contributed by atoms with E-state index in [4.69, 9.17) is 0 Å². The predicted molar refractivity (Wildman–Crippen MR) is 70.1 cm³/mol. The quantitative estimate of drug-likeness (QED) is 0.836. The van der Waals surface area contributed by atoms with Crippen LogP contribution in [0.3, 0.4) is 0 Å². The van der Waals surface area contributed by atoms with Crippen molar-refractivity contribution < 1.29 is 5.11 Å². The summed E-state index contributed by atoms with van der Waals surface area (Å²) in [5, 5.41) is 12.9. The molecule has 1 aromatic carbocycles. The summed E-state index contributed by atoms with van der Waals surface area (Å²) in [5.74, 6) is 0.347. The molecule has 0 amide bonds. The van der Waals surface area contributed by atoms with E-state index in [-0.39, 0.29) is 0 Å². The fraction of sp³-hybridized carbons (Fsp3) is 0.571. The van der Waals surface area contributed by atoms with Crippen molar-refractivity contribution in [3.8, 4) is 5.75 Å². The third-order valence-corrected chi connectivity index (χ3v) is 3.46. The normalized spacial score (nSPS) is 21.2. The van der Waals surface area contributed by atoms with Crippen molar-refractivity contribution in [2.45, 2.75) is 38.9 Å². The molecule has 1 unspecified atom stereocenters. The number of rotatable bonds is 4. The van der Waals surface area contributed by atoms with Crippen molar-refractivity contribution in [3.05, 3.63) is 29.8 Å². The van der Waals surface area contributed by atoms with Gasteiger partial charge in [-0.2, -0.15) is 0 Å². The van der Waals surface area contributed by atoms with Crippen LogP contribution in [-0.2, 0) is 6.54 Å². The van der Waals surface area contributed by atoms with Gasteiger partial charge < -0.3 is 10.4 Å². The van der Waals surface area contributed by atoms with E-state index in [0.717, 1.165) is 18.7 Å². The molecule has 17 heavy (non-hydrogen) atoms. The van der Waals surface area contributed by atoms with Crippen molar-refractivity contribution in [1.29, 1.82) is 0 Å². The average Bonchev–Trinajstić information content (AvgIpc) is 2.75. The van der Waals surface area contributed by atoms with Crippen LogP contribution >= 0.6 is 0 Å². The van der Waals surface area contributed by atoms with Gasteiger partial charge in [0.2, 0.25) is 0 Å². The molecule has 1 atom stereocenters. The highest BCUT2D eigenvalue weighted by molar-refractivity contribution is 5.26. The number of nitrogens with zero attached hydrogens (tertiary/aromatic N) is 1. The lowest BCUT2D eigenvalue weighted by atomic mass is 10.2. The molecule has 1 aliphatic heterocycles. The van der Waals surface area contributed by atoms with Crippen LogP contribution in [0.25, 0.3) is 0 Å². The molecule has 3 heteroatoms. The van der Waals surface area contributed by atoms with Gasteiger partial charge in [0.25, 0.3) is 0 Å². The van der Waals surface area contributed by atoms with Crippen molar-refractivity contribution in [1.82, 2.24) is 10.2 Å². The Morgan fingerprint density at radius 2 is 2.29 bits per heavy atom. The molecule has 2 N–H and O–H groups in total. The van der Waals surface area contributed by atoms with Crippen molar-refractivity contribution in [2.24, 2.45) is 0 Å². The van der Waals surface area contributed by atoms with Crippen LogP contribution in [0, 0.1) is 0 Å². The predicted octanol–water partition coefficient (Wildman–Crippen LogP) is 1.96. The van der Waals surface area contributed by atoms with Crippen LogP contribution in [0.5, 0.6) is 5.75 Å². The standard InChI is InChI=1S/C14H22N2O/c1-11(2)16-7-6-13(10-16)15-9-12-4-3-5-14(17)8-12/h3-5,8,11,13,15,17H,6-7,9-10H2,1-2H3. The van der Waals surface area contributed by atoms with Gasteiger partial charge in [0.15, 0.2) is 0 Å². The lowest BCUT2D eigenvalue weighted by Gasteiger charge is -2.20. The van der Waals surface area contributed by atoms with Crippen molar-refractivity contribution in [3.63, 3.8) is 0 Å². The second kappa shape index (κ2) is 5.52. The highest BCUT2D eigenvalue weighted by Gasteiger charge is 2.23. The summed E-state index contributed by atoms with van der Waals surface area (Å²) in [6.45, 7) is 7.66. The Hall–Kier alpha value is -1.06. The zero-order valence-corrected chi connectivity index (χ0v) is 10.7. The number of hydrogen-bond donors (Lipinski definition) is 2. The van der Waals surface area contributed by atoms with E-state index in [0.29, 0.717) is 17.8 Å². The Labute approximate surface area is 103 Å². The number of hydrogen-bond acceptors (Lipinski definition) is 3. The second-order valence-electron chi connectivity index (χ2n) is 5.13. The Morgan fingerprint density at radius 3 is 2.94 bits per heavy atom. The van der Waals surface area contributed by atoms with Crippen LogP contribution in [0.1, 0.15) is 25.8 Å². The summed E-state index contributed by atoms with van der Waals surface area (Å²) >= 11 is 0. The molecule has 1 heterocycles. The molecule has 1 aliphatic rings. The van der Waals surface area contributed by atoms with Crippen LogP contribution in [0.15, 0.2) is 24.3 Å². The molecule has 0 radical (unpaired) electrons. The highest BCUT2D eigenvalue weighted by Crippen LogP contribution is 2.14. The maximum absolute atomic E-state index is 9.38. The summed E-state index contributed by atoms with van der Waals surface area (Å²) in [7, 11) is 0. The molecule has 0 bridgehead atoms. The van der Waals surface area contributed by atoms with Crippen LogP contribution in [-0.4, -0.2) is 35.2 Å². The molecule has 2 rings (SSSR count). The van der Waals surface area contributed by atoms with Gasteiger partial charge in [0.05, 0.1) is 0 Å². The minimum absolute atomic E-state index is 0.347. The van der Waals surface area contributed by atoms with Gasteiger partial charge in [-0.3, -0.25) is 4.90 Å². The topological polar surface area (TPSA) is 35.5 Å². The first kappa shape index (κ1) is 12.4. The SMILES string of the molecule is CC(C)N1CCC(NCc2cccc(O)c2)C1. The summed E-state index contributed by atoms with van der Waals surface area (Å²) in [6.07, 6.45) is 1.22. The van der Waals surface area contributed by atoms with Crippen molar-refractivity contribution in [2.75, 3.05) is 13.1 Å². The summed E-state index contributed by atoms with van der Waals surface area (Å²) in [5.41, 5.74) is 1.15. The summed E-state index contributed by atoms with van der Waals surface area (Å²) < 4.78 is 0. The van der Waals surface area contributed by atoms with Gasteiger partial charge in [0.1, 0.15) is 5.75 Å². The minimum atomic E-state index is 0.347. The Morgan fingerprint density at radius 1 is 1.47 bits per heavy atom. The van der Waals surface area contributed by atoms with E-state index in [2.05, 4.69) is 24.1 Å². The molecule has 0 aliphatic carbocycles. The number of benzene rings is 1. The summed E-state index contributed by atoms with van der Waals surface area (Å²) in [4.78, 5) is 2.50. The Balaban J connectivity index is 1.80. The molecule has 0 spiro atoms. The molecular formula is C14H22N2O. The highest BCUT2D eigenvalue weighted by atomic mass is 16.3. The molecule has 0 aromatic heterocycles. The molecule has 3 nitrogen and oxygen atoms in total. The van der Waals surface area contributed by atoms with Crippen LogP contribution in [0.2, 0.25) is 0 Å². The molecular weight excluding hydrogens is 212 g/mol. The number of likely N-dealkylation sites (tertiary alicyclic amines) is 1. The zero-order chi connectivity index (χ0) is 12.3. The Kier molecular flexibility index (Phi) is 4.02. The van der Waals surface area contributed by atoms with E-state index in [1.165, 1.54) is 13.0 Å². The molecule has 94 valence electrons. The molecule has 1 aromatic rings. The van der Waals surface area contributed by atoms with Gasteiger partial charge >= 0.3 is 0 Å². The fourth-order valence-corrected chi connectivity index (χ4v) is 2.35. The smallest absolute Gasteiger partial charge is 0.115 e. The van der Waals surface area contributed by atoms with Gasteiger partial charge in [-0.25, -0.2) is 0 Å². The third-order valence-electron chi connectivity index (χ3n) is 3.46. The number of phenolic OH excluding ortho intramolecular Hbond substituents is 1. The maximum Gasteiger partial charge on any atom is 0.115 e. The first-order valence-electron chi connectivity index (χ1n) is 6.40. The monoisotopic (exact) mass is 234 g/mol. The van der Waals surface area contributed by atoms with E-state index >= 15 is 0 Å². The maximum atomic E-state index is 9.38. The molecule has 0 saturated carbocycles. The largest absolute Gasteiger partial charge is 0.508 e.